The summed E-state index contributed by atoms with van der Waals surface area (Å²) in [6.45, 7) is 12.4. The second-order valence-corrected chi connectivity index (χ2v) is 7.26. The fourth-order valence-electron chi connectivity index (χ4n) is 2.70. The molecule has 0 bridgehead atoms. The van der Waals surface area contributed by atoms with Crippen molar-refractivity contribution in [2.75, 3.05) is 0 Å². The minimum Gasteiger partial charge on any atom is -0.366 e. The predicted octanol–water partition coefficient (Wildman–Crippen LogP) is 5.35. The number of fused-ring (bicyclic) bond motifs is 1. The number of aliphatic hydroxyl groups is 2. The lowest BCUT2D eigenvalue weighted by Crippen LogP contribution is -2.15. The summed E-state index contributed by atoms with van der Waals surface area (Å²) in [6, 6.07) is 0.252. The van der Waals surface area contributed by atoms with Gasteiger partial charge in [0.1, 0.15) is 17.0 Å². The molecule has 1 saturated carbocycles. The van der Waals surface area contributed by atoms with Gasteiger partial charge < -0.3 is 19.6 Å². The third-order valence-corrected chi connectivity index (χ3v) is 4.68. The smallest absolute Gasteiger partial charge is 0.163 e. The Hall–Kier alpha value is -1.21. The number of halogens is 2. The fraction of sp³-hybridized carbons (Fsp3) is 0.650. The van der Waals surface area contributed by atoms with Crippen LogP contribution < -0.4 is 0 Å². The number of hydrogen-bond acceptors (Lipinski definition) is 5. The van der Waals surface area contributed by atoms with Crippen LogP contribution in [0.4, 0.5) is 0 Å². The molecule has 0 saturated heterocycles. The van der Waals surface area contributed by atoms with Gasteiger partial charge in [0.2, 0.25) is 0 Å². The summed E-state index contributed by atoms with van der Waals surface area (Å²) >= 11 is 12.3. The van der Waals surface area contributed by atoms with Crippen LogP contribution in [0.3, 0.4) is 0 Å². The molecular weight excluding hydrogens is 401 g/mol. The van der Waals surface area contributed by atoms with Crippen molar-refractivity contribution in [3.8, 4) is 0 Å². The van der Waals surface area contributed by atoms with Crippen molar-refractivity contribution in [3.63, 3.8) is 0 Å². The number of imidazole rings is 1. The summed E-state index contributed by atoms with van der Waals surface area (Å²) in [5.74, 6) is -1.36. The molecule has 1 aliphatic rings. The van der Waals surface area contributed by atoms with Crippen molar-refractivity contribution in [2.45, 2.75) is 79.6 Å². The first-order valence-corrected chi connectivity index (χ1v) is 10.5. The van der Waals surface area contributed by atoms with Gasteiger partial charge in [0.15, 0.2) is 11.4 Å². The van der Waals surface area contributed by atoms with E-state index in [1.807, 2.05) is 39.2 Å². The van der Waals surface area contributed by atoms with Crippen molar-refractivity contribution >= 4 is 40.7 Å². The third-order valence-electron chi connectivity index (χ3n) is 3.85. The van der Waals surface area contributed by atoms with Gasteiger partial charge in [-0.05, 0) is 40.0 Å². The molecule has 0 unspecified atom stereocenters. The average Bonchev–Trinajstić information content (AvgIpc) is 3.28. The van der Waals surface area contributed by atoms with Gasteiger partial charge in [0, 0.05) is 17.5 Å². The van der Waals surface area contributed by atoms with E-state index in [4.69, 9.17) is 33.4 Å². The Balaban J connectivity index is 0.000000698. The number of aromatic nitrogens is 3. The van der Waals surface area contributed by atoms with Gasteiger partial charge in [-0.1, -0.05) is 50.9 Å². The number of pyridine rings is 1. The van der Waals surface area contributed by atoms with Crippen LogP contribution in [0.5, 0.6) is 0 Å². The van der Waals surface area contributed by atoms with Crippen LogP contribution >= 0.6 is 23.2 Å². The van der Waals surface area contributed by atoms with E-state index in [9.17, 15) is 4.79 Å². The van der Waals surface area contributed by atoms with E-state index in [-0.39, 0.29) is 12.0 Å². The first-order chi connectivity index (χ1) is 13.1. The standard InChI is InChI=1S/C13H13Cl2N3O.C3H8O2.2C2H6/c1-7-10(14)11-13(17-12(7)15)18(6-16-11)9-3-2-8(4-9)5-19;1-3(2,4)5;2*1-2/h5-6,8-9H,2-4H2,1H3;4-5H,1-2H3;2*1-2H3/t8-,9+;;;/m1.../s1. The Kier molecular flexibility index (Phi) is 11.8. The zero-order valence-electron chi connectivity index (χ0n) is 17.8. The van der Waals surface area contributed by atoms with Crippen LogP contribution in [-0.4, -0.2) is 36.8 Å². The number of nitrogens with zero attached hydrogens (tertiary/aromatic N) is 3. The molecule has 2 atom stereocenters. The van der Waals surface area contributed by atoms with Crippen molar-refractivity contribution in [2.24, 2.45) is 5.92 Å². The maximum Gasteiger partial charge on any atom is 0.163 e. The summed E-state index contributed by atoms with van der Waals surface area (Å²) in [4.78, 5) is 19.6. The van der Waals surface area contributed by atoms with Crippen LogP contribution in [0.25, 0.3) is 11.2 Å². The highest BCUT2D eigenvalue weighted by Crippen LogP contribution is 2.37. The van der Waals surface area contributed by atoms with Gasteiger partial charge in [0.25, 0.3) is 0 Å². The monoisotopic (exact) mass is 433 g/mol. The highest BCUT2D eigenvalue weighted by Gasteiger charge is 2.27. The van der Waals surface area contributed by atoms with Crippen LogP contribution in [0.2, 0.25) is 10.2 Å². The fourth-order valence-corrected chi connectivity index (χ4v) is 3.15. The highest BCUT2D eigenvalue weighted by atomic mass is 35.5. The summed E-state index contributed by atoms with van der Waals surface area (Å²) in [7, 11) is 0. The second-order valence-electron chi connectivity index (χ2n) is 6.52. The van der Waals surface area contributed by atoms with Gasteiger partial charge >= 0.3 is 0 Å². The van der Waals surface area contributed by atoms with E-state index in [1.165, 1.54) is 13.8 Å². The van der Waals surface area contributed by atoms with E-state index in [0.29, 0.717) is 21.3 Å². The number of carbonyl (C=O) groups is 1. The molecule has 6 nitrogen and oxygen atoms in total. The molecule has 0 amide bonds. The molecule has 0 spiro atoms. The minimum atomic E-state index is -1.50. The Bertz CT molecular complexity index is 736. The Labute approximate surface area is 177 Å². The molecule has 160 valence electrons. The van der Waals surface area contributed by atoms with Crippen LogP contribution in [0.1, 0.15) is 72.4 Å². The van der Waals surface area contributed by atoms with Crippen molar-refractivity contribution in [1.29, 1.82) is 0 Å². The molecule has 1 aliphatic carbocycles. The zero-order chi connectivity index (χ0) is 22.1. The molecule has 2 N–H and O–H groups in total. The third kappa shape index (κ3) is 7.66. The molecule has 2 heterocycles. The van der Waals surface area contributed by atoms with Gasteiger partial charge in [-0.3, -0.25) is 0 Å². The van der Waals surface area contributed by atoms with E-state index >= 15 is 0 Å². The van der Waals surface area contributed by atoms with Crippen LogP contribution in [0, 0.1) is 12.8 Å². The lowest BCUT2D eigenvalue weighted by atomic mass is 10.1. The summed E-state index contributed by atoms with van der Waals surface area (Å²) in [5, 5.41) is 17.1. The van der Waals surface area contributed by atoms with Crippen molar-refractivity contribution < 1.29 is 15.0 Å². The van der Waals surface area contributed by atoms with Gasteiger partial charge in [-0.15, -0.1) is 0 Å². The topological polar surface area (TPSA) is 88.2 Å². The van der Waals surface area contributed by atoms with Gasteiger partial charge in [-0.25, -0.2) is 9.97 Å². The van der Waals surface area contributed by atoms with Gasteiger partial charge in [0.05, 0.1) is 11.3 Å². The lowest BCUT2D eigenvalue weighted by Gasteiger charge is -2.12. The molecule has 2 aromatic rings. The first kappa shape index (κ1) is 26.8. The minimum absolute atomic E-state index is 0.138. The summed E-state index contributed by atoms with van der Waals surface area (Å²) in [6.07, 6.45) is 5.49. The SMILES string of the molecule is CC.CC.CC(C)(O)O.Cc1c(Cl)nc2c(ncn2[C@H]2CC[C@@H](C=O)C2)c1Cl. The molecule has 2 aromatic heterocycles. The molecule has 3 rings (SSSR count). The summed E-state index contributed by atoms with van der Waals surface area (Å²) < 4.78 is 2.00. The summed E-state index contributed by atoms with van der Waals surface area (Å²) in [5.41, 5.74) is 2.13. The molecule has 0 aromatic carbocycles. The Morgan fingerprint density at radius 1 is 1.18 bits per heavy atom. The Morgan fingerprint density at radius 3 is 2.18 bits per heavy atom. The maximum absolute atomic E-state index is 10.9. The largest absolute Gasteiger partial charge is 0.366 e. The van der Waals surface area contributed by atoms with Crippen LogP contribution in [-0.2, 0) is 4.79 Å². The molecule has 8 heteroatoms. The average molecular weight is 434 g/mol. The quantitative estimate of drug-likeness (QED) is 0.378. The van der Waals surface area contributed by atoms with Crippen LogP contribution in [0.15, 0.2) is 6.33 Å². The molecule has 1 fully saturated rings. The van der Waals surface area contributed by atoms with Gasteiger partial charge in [-0.2, -0.15) is 0 Å². The van der Waals surface area contributed by atoms with E-state index < -0.39 is 5.79 Å². The zero-order valence-corrected chi connectivity index (χ0v) is 19.3. The molecular formula is C20H33Cl2N3O3. The Morgan fingerprint density at radius 2 is 1.71 bits per heavy atom. The second kappa shape index (κ2) is 12.4. The normalized spacial score (nSPS) is 18.2. The number of carbonyl (C=O) groups excluding carboxylic acids is 1. The maximum atomic E-state index is 10.9. The number of aldehydes is 1. The highest BCUT2D eigenvalue weighted by molar-refractivity contribution is 6.38. The molecule has 28 heavy (non-hydrogen) atoms. The number of rotatable bonds is 2. The van der Waals surface area contributed by atoms with Crippen molar-refractivity contribution in [1.82, 2.24) is 14.5 Å². The van der Waals surface area contributed by atoms with E-state index in [1.54, 1.807) is 6.33 Å². The molecule has 0 radical (unpaired) electrons. The first-order valence-electron chi connectivity index (χ1n) is 9.70. The number of hydrogen-bond donors (Lipinski definition) is 2. The lowest BCUT2D eigenvalue weighted by molar-refractivity contribution is -0.127. The predicted molar refractivity (Wildman–Crippen MR) is 116 cm³/mol. The van der Waals surface area contributed by atoms with E-state index in [2.05, 4.69) is 9.97 Å². The van der Waals surface area contributed by atoms with Crippen molar-refractivity contribution in [3.05, 3.63) is 22.1 Å². The molecule has 0 aliphatic heterocycles. The van der Waals surface area contributed by atoms with E-state index in [0.717, 1.165) is 31.1 Å².